The molecule has 7 rings (SSSR count). The van der Waals surface area contributed by atoms with Crippen molar-refractivity contribution >= 4 is 22.8 Å². The number of likely N-dealkylation sites (tertiary alicyclic amines) is 1. The summed E-state index contributed by atoms with van der Waals surface area (Å²) in [5, 5.41) is 15.3. The van der Waals surface area contributed by atoms with Crippen molar-refractivity contribution in [3.8, 4) is 0 Å². The van der Waals surface area contributed by atoms with Crippen molar-refractivity contribution in [2.45, 2.75) is 63.2 Å². The van der Waals surface area contributed by atoms with Gasteiger partial charge in [0.2, 0.25) is 0 Å². The van der Waals surface area contributed by atoms with Crippen molar-refractivity contribution in [1.29, 1.82) is 0 Å². The monoisotopic (exact) mass is 422 g/mol. The number of anilines is 1. The maximum Gasteiger partial charge on any atom is 0.410 e. The van der Waals surface area contributed by atoms with Crippen molar-refractivity contribution < 1.29 is 14.6 Å². The van der Waals surface area contributed by atoms with Crippen LogP contribution in [-0.2, 0) is 4.74 Å². The third kappa shape index (κ3) is 3.43. The number of aryl methyl sites for hydroxylation is 1. The van der Waals surface area contributed by atoms with Crippen molar-refractivity contribution in [2.75, 3.05) is 18.4 Å². The summed E-state index contributed by atoms with van der Waals surface area (Å²) in [6.45, 7) is 3.31. The van der Waals surface area contributed by atoms with Crippen LogP contribution in [0.1, 0.15) is 44.2 Å². The van der Waals surface area contributed by atoms with Crippen LogP contribution in [0.25, 0.3) is 10.9 Å². The van der Waals surface area contributed by atoms with E-state index in [1.54, 1.807) is 6.20 Å². The minimum absolute atomic E-state index is 0.0182. The average molecular weight is 423 g/mol. The molecule has 164 valence electrons. The van der Waals surface area contributed by atoms with E-state index in [9.17, 15) is 9.90 Å². The Morgan fingerprint density at radius 1 is 1.23 bits per heavy atom. The number of ether oxygens (including phenoxy) is 1. The first-order valence-corrected chi connectivity index (χ1v) is 11.6. The van der Waals surface area contributed by atoms with E-state index >= 15 is 0 Å². The Bertz CT molecular complexity index is 1010. The minimum atomic E-state index is -0.497. The Labute approximate surface area is 182 Å². The summed E-state index contributed by atoms with van der Waals surface area (Å²) >= 11 is 0. The zero-order chi connectivity index (χ0) is 21.2. The third-order valence-electron chi connectivity index (χ3n) is 8.00. The lowest BCUT2D eigenvalue weighted by Crippen LogP contribution is -2.58. The number of rotatable bonds is 3. The van der Waals surface area contributed by atoms with Crippen molar-refractivity contribution in [3.05, 3.63) is 30.1 Å². The molecule has 1 amide bonds. The fourth-order valence-electron chi connectivity index (χ4n) is 6.85. The molecule has 4 saturated carbocycles. The lowest BCUT2D eigenvalue weighted by Gasteiger charge is -2.57. The number of nitrogens with zero attached hydrogens (tertiary/aromatic N) is 3. The first-order chi connectivity index (χ1) is 15.0. The molecule has 0 aromatic carbocycles. The number of carbonyl (C=O) groups excluding carboxylic acids is 1. The second kappa shape index (κ2) is 7.05. The molecule has 1 saturated heterocycles. The SMILES string of the molecule is Cc1nccc2nc(N[C@@H]3CCN(C(=O)OC4C5CC6C[C@H]4CC(O)(C6)C5)C3)ccc12. The second-order valence-corrected chi connectivity index (χ2v) is 10.3. The highest BCUT2D eigenvalue weighted by Gasteiger charge is 2.56. The molecule has 31 heavy (non-hydrogen) atoms. The highest BCUT2D eigenvalue weighted by atomic mass is 16.6. The summed E-state index contributed by atoms with van der Waals surface area (Å²) in [6, 6.07) is 6.12. The summed E-state index contributed by atoms with van der Waals surface area (Å²) in [7, 11) is 0. The molecular weight excluding hydrogens is 392 g/mol. The van der Waals surface area contributed by atoms with E-state index in [2.05, 4.69) is 10.3 Å². The van der Waals surface area contributed by atoms with E-state index in [4.69, 9.17) is 9.72 Å². The Morgan fingerprint density at radius 3 is 2.81 bits per heavy atom. The van der Waals surface area contributed by atoms with Gasteiger partial charge in [-0.1, -0.05) is 0 Å². The predicted molar refractivity (Wildman–Crippen MR) is 117 cm³/mol. The van der Waals surface area contributed by atoms with Gasteiger partial charge in [0.15, 0.2) is 0 Å². The standard InChI is InChI=1S/C24H30N4O3/c1-14-19-2-3-21(27-20(19)4-6-25-14)26-18-5-7-28(13-18)23(29)31-22-16-8-15-9-17(22)12-24(30,10-15)11-16/h2-4,6,15-18,22,30H,5,7-13H2,1H3,(H,26,27)/t15?,16-,17?,18+,22?,24?/m0/s1. The molecule has 7 nitrogen and oxygen atoms in total. The number of aromatic nitrogens is 2. The number of carbonyl (C=O) groups is 1. The Morgan fingerprint density at radius 2 is 2.03 bits per heavy atom. The van der Waals surface area contributed by atoms with Crippen LogP contribution >= 0.6 is 0 Å². The van der Waals surface area contributed by atoms with Crippen molar-refractivity contribution in [3.63, 3.8) is 0 Å². The molecule has 4 aliphatic carbocycles. The Kier molecular flexibility index (Phi) is 4.39. The second-order valence-electron chi connectivity index (χ2n) is 10.3. The van der Waals surface area contributed by atoms with E-state index in [0.29, 0.717) is 30.8 Å². The highest BCUT2D eigenvalue weighted by Crippen LogP contribution is 2.56. The topological polar surface area (TPSA) is 87.6 Å². The molecule has 7 heteroatoms. The normalized spacial score (nSPS) is 36.2. The van der Waals surface area contributed by atoms with Crippen LogP contribution in [0.2, 0.25) is 0 Å². The van der Waals surface area contributed by atoms with Gasteiger partial charge in [0.05, 0.1) is 11.1 Å². The lowest BCUT2D eigenvalue weighted by atomic mass is 9.53. The zero-order valence-electron chi connectivity index (χ0n) is 18.0. The van der Waals surface area contributed by atoms with E-state index < -0.39 is 5.60 Å². The molecule has 5 aliphatic rings. The lowest BCUT2D eigenvalue weighted by molar-refractivity contribution is -0.177. The number of amides is 1. The molecular formula is C24H30N4O3. The molecule has 0 spiro atoms. The van der Waals surface area contributed by atoms with Crippen molar-refractivity contribution in [2.24, 2.45) is 17.8 Å². The molecule has 6 atom stereocenters. The van der Waals surface area contributed by atoms with Crippen LogP contribution < -0.4 is 5.32 Å². The van der Waals surface area contributed by atoms with Gasteiger partial charge in [0.1, 0.15) is 11.9 Å². The van der Waals surface area contributed by atoms with Crippen LogP contribution in [-0.4, -0.2) is 56.9 Å². The number of hydrogen-bond acceptors (Lipinski definition) is 6. The molecule has 3 heterocycles. The Hall–Kier alpha value is -2.41. The molecule has 4 bridgehead atoms. The van der Waals surface area contributed by atoms with Gasteiger partial charge in [-0.25, -0.2) is 9.78 Å². The fourth-order valence-corrected chi connectivity index (χ4v) is 6.85. The van der Waals surface area contributed by atoms with Gasteiger partial charge in [-0.3, -0.25) is 4.98 Å². The van der Waals surface area contributed by atoms with Gasteiger partial charge in [0, 0.05) is 36.4 Å². The molecule has 2 aromatic heterocycles. The summed E-state index contributed by atoms with van der Waals surface area (Å²) in [5.41, 5.74) is 1.40. The molecule has 0 radical (unpaired) electrons. The molecule has 4 unspecified atom stereocenters. The van der Waals surface area contributed by atoms with Crippen molar-refractivity contribution in [1.82, 2.24) is 14.9 Å². The first-order valence-electron chi connectivity index (χ1n) is 11.6. The summed E-state index contributed by atoms with van der Waals surface area (Å²) < 4.78 is 6.05. The molecule has 2 aromatic rings. The number of pyridine rings is 2. The number of aliphatic hydroxyl groups is 1. The van der Waals surface area contributed by atoms with Crippen LogP contribution in [0.4, 0.5) is 10.6 Å². The first kappa shape index (κ1) is 19.3. The van der Waals surface area contributed by atoms with Gasteiger partial charge < -0.3 is 20.1 Å². The van der Waals surface area contributed by atoms with Gasteiger partial charge in [-0.05, 0) is 81.4 Å². The van der Waals surface area contributed by atoms with Gasteiger partial charge in [0.25, 0.3) is 0 Å². The highest BCUT2D eigenvalue weighted by molar-refractivity contribution is 5.82. The zero-order valence-corrected chi connectivity index (χ0v) is 18.0. The van der Waals surface area contributed by atoms with E-state index in [1.165, 1.54) is 0 Å². The number of hydrogen-bond donors (Lipinski definition) is 2. The number of fused-ring (bicyclic) bond motifs is 1. The molecule has 5 fully saturated rings. The summed E-state index contributed by atoms with van der Waals surface area (Å²) in [6.07, 6.45) is 7.19. The molecule has 2 N–H and O–H groups in total. The number of nitrogens with one attached hydrogen (secondary N) is 1. The summed E-state index contributed by atoms with van der Waals surface area (Å²) in [5.74, 6) is 2.10. The van der Waals surface area contributed by atoms with Crippen LogP contribution in [0.15, 0.2) is 24.4 Å². The third-order valence-corrected chi connectivity index (χ3v) is 8.00. The predicted octanol–water partition coefficient (Wildman–Crippen LogP) is 3.50. The molecule has 1 aliphatic heterocycles. The van der Waals surface area contributed by atoms with Crippen LogP contribution in [0.5, 0.6) is 0 Å². The van der Waals surface area contributed by atoms with Gasteiger partial charge >= 0.3 is 6.09 Å². The minimum Gasteiger partial charge on any atom is -0.446 e. The van der Waals surface area contributed by atoms with Gasteiger partial charge in [-0.15, -0.1) is 0 Å². The maximum absolute atomic E-state index is 12.9. The maximum atomic E-state index is 12.9. The fraction of sp³-hybridized carbons (Fsp3) is 0.625. The van der Waals surface area contributed by atoms with Crippen LogP contribution in [0.3, 0.4) is 0 Å². The smallest absolute Gasteiger partial charge is 0.410 e. The average Bonchev–Trinajstić information content (AvgIpc) is 3.18. The van der Waals surface area contributed by atoms with Gasteiger partial charge in [-0.2, -0.15) is 0 Å². The summed E-state index contributed by atoms with van der Waals surface area (Å²) in [4.78, 5) is 23.8. The van der Waals surface area contributed by atoms with E-state index in [1.807, 2.05) is 30.0 Å². The van der Waals surface area contributed by atoms with E-state index in [-0.39, 0.29) is 18.2 Å². The largest absolute Gasteiger partial charge is 0.446 e. The van der Waals surface area contributed by atoms with E-state index in [0.717, 1.165) is 60.9 Å². The van der Waals surface area contributed by atoms with Crippen LogP contribution in [0, 0.1) is 24.7 Å². The quantitative estimate of drug-likeness (QED) is 0.787. The Balaban J connectivity index is 1.08.